The molecule has 0 fully saturated rings. The predicted molar refractivity (Wildman–Crippen MR) is 116 cm³/mol. The van der Waals surface area contributed by atoms with Crippen LogP contribution in [0.25, 0.3) is 15.9 Å². The lowest BCUT2D eigenvalue weighted by Crippen LogP contribution is -2.23. The number of carbonyl (C=O) groups is 1. The molecule has 0 aliphatic carbocycles. The van der Waals surface area contributed by atoms with Gasteiger partial charge in [-0.05, 0) is 48.2 Å². The number of benzene rings is 2. The third-order valence-corrected chi connectivity index (χ3v) is 6.16. The highest BCUT2D eigenvalue weighted by Gasteiger charge is 2.18. The van der Waals surface area contributed by atoms with Crippen LogP contribution in [-0.2, 0) is 4.79 Å². The van der Waals surface area contributed by atoms with Gasteiger partial charge in [0.2, 0.25) is 5.91 Å². The Morgan fingerprint density at radius 3 is 2.73 bits per heavy atom. The molecule has 2 aromatic carbocycles. The van der Waals surface area contributed by atoms with E-state index in [0.29, 0.717) is 21.5 Å². The molecule has 0 saturated heterocycles. The minimum absolute atomic E-state index is 0.0637. The van der Waals surface area contributed by atoms with Crippen LogP contribution in [0.2, 0.25) is 0 Å². The van der Waals surface area contributed by atoms with Gasteiger partial charge in [-0.15, -0.1) is 11.3 Å². The maximum Gasteiger partial charge on any atom is 0.276 e. The second-order valence-electron chi connectivity index (χ2n) is 6.42. The van der Waals surface area contributed by atoms with Crippen molar-refractivity contribution in [2.24, 2.45) is 0 Å². The van der Waals surface area contributed by atoms with Crippen molar-refractivity contribution in [2.75, 3.05) is 11.1 Å². The van der Waals surface area contributed by atoms with Gasteiger partial charge < -0.3 is 5.32 Å². The average molecular weight is 444 g/mol. The molecule has 0 atom stereocenters. The van der Waals surface area contributed by atoms with E-state index >= 15 is 0 Å². The standard InChI is InChI=1S/C21H15F2N3O2S2/c1-12-6-7-13(10-15(12)23)24-18(27)11-30-21-25-16-8-9-29-19(16)20(28)26(21)17-5-3-2-4-14(17)22/h2-10H,11H2,1H3,(H,24,27). The van der Waals surface area contributed by atoms with Gasteiger partial charge in [0.1, 0.15) is 16.3 Å². The highest BCUT2D eigenvalue weighted by molar-refractivity contribution is 7.99. The van der Waals surface area contributed by atoms with Gasteiger partial charge in [-0.1, -0.05) is 30.0 Å². The van der Waals surface area contributed by atoms with Crippen LogP contribution < -0.4 is 10.9 Å². The average Bonchev–Trinajstić information content (AvgIpc) is 3.19. The Hall–Kier alpha value is -3.04. The molecule has 2 aromatic heterocycles. The molecular weight excluding hydrogens is 428 g/mol. The number of amides is 1. The van der Waals surface area contributed by atoms with Crippen molar-refractivity contribution in [3.05, 3.63) is 81.5 Å². The lowest BCUT2D eigenvalue weighted by Gasteiger charge is -2.13. The zero-order valence-electron chi connectivity index (χ0n) is 15.7. The number of anilines is 1. The number of nitrogens with zero attached hydrogens (tertiary/aromatic N) is 2. The zero-order valence-corrected chi connectivity index (χ0v) is 17.3. The minimum atomic E-state index is -0.571. The zero-order chi connectivity index (χ0) is 21.3. The van der Waals surface area contributed by atoms with Crippen molar-refractivity contribution in [1.82, 2.24) is 9.55 Å². The fraction of sp³-hybridized carbons (Fsp3) is 0.0952. The van der Waals surface area contributed by atoms with E-state index in [9.17, 15) is 18.4 Å². The van der Waals surface area contributed by atoms with Crippen LogP contribution in [0, 0.1) is 18.6 Å². The molecule has 0 aliphatic rings. The summed E-state index contributed by atoms with van der Waals surface area (Å²) in [5, 5.41) is 4.54. The number of aryl methyl sites for hydroxylation is 1. The third kappa shape index (κ3) is 3.99. The molecule has 2 heterocycles. The van der Waals surface area contributed by atoms with Gasteiger partial charge >= 0.3 is 0 Å². The van der Waals surface area contributed by atoms with Crippen LogP contribution in [0.3, 0.4) is 0 Å². The lowest BCUT2D eigenvalue weighted by atomic mass is 10.2. The summed E-state index contributed by atoms with van der Waals surface area (Å²) in [6.07, 6.45) is 0. The summed E-state index contributed by atoms with van der Waals surface area (Å²) in [6, 6.07) is 12.0. The van der Waals surface area contributed by atoms with Gasteiger partial charge in [-0.3, -0.25) is 14.2 Å². The summed E-state index contributed by atoms with van der Waals surface area (Å²) in [4.78, 5) is 29.8. The van der Waals surface area contributed by atoms with E-state index in [1.165, 1.54) is 40.2 Å². The monoisotopic (exact) mass is 443 g/mol. The molecular formula is C21H15F2N3O2S2. The van der Waals surface area contributed by atoms with Gasteiger partial charge in [0.25, 0.3) is 5.56 Å². The molecule has 4 rings (SSSR count). The summed E-state index contributed by atoms with van der Waals surface area (Å²) in [7, 11) is 0. The van der Waals surface area contributed by atoms with Crippen molar-refractivity contribution in [3.63, 3.8) is 0 Å². The molecule has 1 amide bonds. The smallest absolute Gasteiger partial charge is 0.276 e. The molecule has 0 spiro atoms. The third-order valence-electron chi connectivity index (χ3n) is 4.33. The number of carbonyl (C=O) groups excluding carboxylic acids is 1. The Morgan fingerprint density at radius 2 is 1.97 bits per heavy atom. The normalized spacial score (nSPS) is 11.0. The van der Waals surface area contributed by atoms with Crippen LogP contribution in [-0.4, -0.2) is 21.2 Å². The first-order valence-corrected chi connectivity index (χ1v) is 10.7. The van der Waals surface area contributed by atoms with Crippen LogP contribution in [0.5, 0.6) is 0 Å². The number of aromatic nitrogens is 2. The molecule has 30 heavy (non-hydrogen) atoms. The number of thioether (sulfide) groups is 1. The van der Waals surface area contributed by atoms with E-state index < -0.39 is 23.1 Å². The first-order chi connectivity index (χ1) is 14.4. The Labute approximate surface area is 178 Å². The van der Waals surface area contributed by atoms with Crippen LogP contribution >= 0.6 is 23.1 Å². The summed E-state index contributed by atoms with van der Waals surface area (Å²) >= 11 is 2.23. The Kier molecular flexibility index (Phi) is 5.65. The minimum Gasteiger partial charge on any atom is -0.325 e. The van der Waals surface area contributed by atoms with Crippen molar-refractivity contribution >= 4 is 44.9 Å². The molecule has 0 unspecified atom stereocenters. The molecule has 9 heteroatoms. The first-order valence-electron chi connectivity index (χ1n) is 8.88. The molecule has 152 valence electrons. The highest BCUT2D eigenvalue weighted by Crippen LogP contribution is 2.25. The number of hydrogen-bond donors (Lipinski definition) is 1. The molecule has 4 aromatic rings. The number of thiophene rings is 1. The molecule has 1 N–H and O–H groups in total. The SMILES string of the molecule is Cc1ccc(NC(=O)CSc2nc3ccsc3c(=O)n2-c2ccccc2F)cc1F. The second-order valence-corrected chi connectivity index (χ2v) is 8.28. The van der Waals surface area contributed by atoms with Gasteiger partial charge in [0, 0.05) is 5.69 Å². The van der Waals surface area contributed by atoms with Crippen LogP contribution in [0.15, 0.2) is 63.9 Å². The molecule has 5 nitrogen and oxygen atoms in total. The van der Waals surface area contributed by atoms with Crippen LogP contribution in [0.1, 0.15) is 5.56 Å². The molecule has 0 bridgehead atoms. The van der Waals surface area contributed by atoms with Crippen molar-refractivity contribution in [1.29, 1.82) is 0 Å². The largest absolute Gasteiger partial charge is 0.325 e. The van der Waals surface area contributed by atoms with Crippen molar-refractivity contribution in [2.45, 2.75) is 12.1 Å². The molecule has 0 aliphatic heterocycles. The first kappa shape index (κ1) is 20.2. The number of fused-ring (bicyclic) bond motifs is 1. The van der Waals surface area contributed by atoms with E-state index in [2.05, 4.69) is 10.3 Å². The summed E-state index contributed by atoms with van der Waals surface area (Å²) < 4.78 is 29.7. The summed E-state index contributed by atoms with van der Waals surface area (Å²) in [5.74, 6) is -1.48. The number of nitrogens with one attached hydrogen (secondary N) is 1. The maximum absolute atomic E-state index is 14.4. The summed E-state index contributed by atoms with van der Waals surface area (Å²) in [5.41, 5.74) is 0.958. The number of para-hydroxylation sites is 1. The number of rotatable bonds is 5. The van der Waals surface area contributed by atoms with Gasteiger partial charge in [-0.2, -0.15) is 0 Å². The fourth-order valence-electron chi connectivity index (χ4n) is 2.83. The Morgan fingerprint density at radius 1 is 1.17 bits per heavy atom. The molecule has 0 radical (unpaired) electrons. The lowest BCUT2D eigenvalue weighted by molar-refractivity contribution is -0.113. The second kappa shape index (κ2) is 8.37. The van der Waals surface area contributed by atoms with E-state index in [-0.39, 0.29) is 16.6 Å². The predicted octanol–water partition coefficient (Wildman–Crippen LogP) is 4.76. The quantitative estimate of drug-likeness (QED) is 0.357. The number of hydrogen-bond acceptors (Lipinski definition) is 5. The number of halogens is 2. The van der Waals surface area contributed by atoms with E-state index in [4.69, 9.17) is 0 Å². The Bertz CT molecular complexity index is 1320. The van der Waals surface area contributed by atoms with Crippen LogP contribution in [0.4, 0.5) is 14.5 Å². The topological polar surface area (TPSA) is 64.0 Å². The van der Waals surface area contributed by atoms with E-state index in [1.54, 1.807) is 36.6 Å². The Balaban J connectivity index is 1.64. The fourth-order valence-corrected chi connectivity index (χ4v) is 4.40. The highest BCUT2D eigenvalue weighted by atomic mass is 32.2. The van der Waals surface area contributed by atoms with Gasteiger partial charge in [-0.25, -0.2) is 13.8 Å². The van der Waals surface area contributed by atoms with Crippen molar-refractivity contribution in [3.8, 4) is 5.69 Å². The van der Waals surface area contributed by atoms with E-state index in [0.717, 1.165) is 11.8 Å². The molecule has 0 saturated carbocycles. The van der Waals surface area contributed by atoms with Gasteiger partial charge in [0.05, 0.1) is 17.0 Å². The summed E-state index contributed by atoms with van der Waals surface area (Å²) in [6.45, 7) is 1.63. The van der Waals surface area contributed by atoms with Gasteiger partial charge in [0.15, 0.2) is 5.16 Å². The van der Waals surface area contributed by atoms with E-state index in [1.807, 2.05) is 0 Å². The maximum atomic E-state index is 14.4. The van der Waals surface area contributed by atoms with Crippen molar-refractivity contribution < 1.29 is 13.6 Å².